The summed E-state index contributed by atoms with van der Waals surface area (Å²) in [5, 5.41) is 13.8. The number of aryl methyl sites for hydroxylation is 1. The highest BCUT2D eigenvalue weighted by Gasteiger charge is 2.20. The molecule has 8 heteroatoms. The maximum absolute atomic E-state index is 14.8. The second-order valence-corrected chi connectivity index (χ2v) is 8.05. The molecule has 4 N–H and O–H groups in total. The number of fused-ring (bicyclic) bond motifs is 1. The molecule has 1 saturated heterocycles. The van der Waals surface area contributed by atoms with Crippen molar-refractivity contribution in [3.63, 3.8) is 0 Å². The number of nitrogens with zero attached hydrogens (tertiary/aromatic N) is 3. The number of phenolic OH excluding ortho intramolecular Hbond substituents is 1. The number of phenols is 1. The highest BCUT2D eigenvalue weighted by Crippen LogP contribution is 2.34. The number of nitrogens with one attached hydrogen (secondary N) is 1. The molecule has 0 radical (unpaired) electrons. The number of piperidine rings is 1. The number of aromatic hydroxyl groups is 1. The first-order valence-electron chi connectivity index (χ1n) is 10.7. The molecule has 0 amide bonds. The molecule has 2 heterocycles. The Morgan fingerprint density at radius 1 is 1.29 bits per heavy atom. The SMILES string of the molecule is Cc1cc(O)c(F)c(N(CCCN)c2ccc3ncn(C4CCNCC4)c(=O)c3c2)c1. The molecule has 7 nitrogen and oxygen atoms in total. The van der Waals surface area contributed by atoms with Gasteiger partial charge in [0, 0.05) is 18.3 Å². The summed E-state index contributed by atoms with van der Waals surface area (Å²) in [5.74, 6) is -1.09. The number of aromatic nitrogens is 2. The zero-order valence-electron chi connectivity index (χ0n) is 17.6. The summed E-state index contributed by atoms with van der Waals surface area (Å²) in [6.07, 6.45) is 4.01. The molecular weight excluding hydrogens is 397 g/mol. The van der Waals surface area contributed by atoms with Crippen LogP contribution in [0.15, 0.2) is 41.5 Å². The van der Waals surface area contributed by atoms with Gasteiger partial charge in [-0.2, -0.15) is 0 Å². The van der Waals surface area contributed by atoms with Crippen LogP contribution < -0.4 is 21.5 Å². The first-order chi connectivity index (χ1) is 15.0. The van der Waals surface area contributed by atoms with Gasteiger partial charge in [0.1, 0.15) is 0 Å². The molecule has 0 unspecified atom stereocenters. The van der Waals surface area contributed by atoms with Crippen LogP contribution in [0.5, 0.6) is 5.75 Å². The average Bonchev–Trinajstić information content (AvgIpc) is 2.78. The number of rotatable bonds is 6. The predicted molar refractivity (Wildman–Crippen MR) is 121 cm³/mol. The summed E-state index contributed by atoms with van der Waals surface area (Å²) >= 11 is 0. The summed E-state index contributed by atoms with van der Waals surface area (Å²) in [6, 6.07) is 8.56. The maximum Gasteiger partial charge on any atom is 0.261 e. The Morgan fingerprint density at radius 3 is 2.81 bits per heavy atom. The van der Waals surface area contributed by atoms with Gasteiger partial charge in [0.25, 0.3) is 5.56 Å². The van der Waals surface area contributed by atoms with Gasteiger partial charge >= 0.3 is 0 Å². The van der Waals surface area contributed by atoms with E-state index < -0.39 is 11.6 Å². The Kier molecular flexibility index (Phi) is 6.20. The van der Waals surface area contributed by atoms with Crippen LogP contribution in [0.25, 0.3) is 10.9 Å². The molecule has 0 saturated carbocycles. The van der Waals surface area contributed by atoms with E-state index in [1.807, 2.05) is 6.07 Å². The summed E-state index contributed by atoms with van der Waals surface area (Å²) in [5.41, 5.74) is 7.87. The minimum absolute atomic E-state index is 0.0925. The van der Waals surface area contributed by atoms with Crippen LogP contribution in [-0.4, -0.2) is 40.8 Å². The Bertz CT molecular complexity index is 1140. The molecule has 1 aromatic heterocycles. The van der Waals surface area contributed by atoms with Crippen molar-refractivity contribution in [2.24, 2.45) is 5.73 Å². The monoisotopic (exact) mass is 425 g/mol. The van der Waals surface area contributed by atoms with Gasteiger partial charge in [0.2, 0.25) is 0 Å². The van der Waals surface area contributed by atoms with E-state index in [1.54, 1.807) is 40.9 Å². The van der Waals surface area contributed by atoms with E-state index in [1.165, 1.54) is 6.07 Å². The number of halogens is 1. The molecule has 0 aliphatic carbocycles. The van der Waals surface area contributed by atoms with Crippen LogP contribution >= 0.6 is 0 Å². The lowest BCUT2D eigenvalue weighted by Crippen LogP contribution is -2.34. The van der Waals surface area contributed by atoms with Crippen LogP contribution in [0, 0.1) is 12.7 Å². The van der Waals surface area contributed by atoms with Crippen LogP contribution in [0.3, 0.4) is 0 Å². The second-order valence-electron chi connectivity index (χ2n) is 8.05. The van der Waals surface area contributed by atoms with Gasteiger partial charge in [0.05, 0.1) is 22.9 Å². The van der Waals surface area contributed by atoms with Gasteiger partial charge in [-0.05, 0) is 81.7 Å². The predicted octanol–water partition coefficient (Wildman–Crippen LogP) is 2.96. The lowest BCUT2D eigenvalue weighted by molar-refractivity contribution is 0.359. The van der Waals surface area contributed by atoms with Gasteiger partial charge in [0.15, 0.2) is 11.6 Å². The van der Waals surface area contributed by atoms with Crippen molar-refractivity contribution in [3.05, 3.63) is 58.4 Å². The molecule has 0 spiro atoms. The number of hydrogen-bond acceptors (Lipinski definition) is 6. The average molecular weight is 426 g/mol. The number of hydrogen-bond donors (Lipinski definition) is 3. The molecule has 1 aliphatic rings. The third-order valence-electron chi connectivity index (χ3n) is 5.84. The molecule has 1 aliphatic heterocycles. The minimum Gasteiger partial charge on any atom is -0.505 e. The molecule has 3 aromatic rings. The normalized spacial score (nSPS) is 14.8. The van der Waals surface area contributed by atoms with Crippen molar-refractivity contribution in [2.75, 3.05) is 31.1 Å². The fourth-order valence-electron chi connectivity index (χ4n) is 4.20. The molecule has 0 bridgehead atoms. The van der Waals surface area contributed by atoms with Gasteiger partial charge in [-0.25, -0.2) is 9.37 Å². The zero-order valence-corrected chi connectivity index (χ0v) is 17.6. The van der Waals surface area contributed by atoms with E-state index in [0.717, 1.165) is 31.5 Å². The first-order valence-corrected chi connectivity index (χ1v) is 10.7. The van der Waals surface area contributed by atoms with Crippen molar-refractivity contribution in [1.29, 1.82) is 0 Å². The Balaban J connectivity index is 1.82. The van der Waals surface area contributed by atoms with Gasteiger partial charge in [-0.3, -0.25) is 9.36 Å². The number of benzene rings is 2. The number of anilines is 2. The molecule has 0 atom stereocenters. The highest BCUT2D eigenvalue weighted by atomic mass is 19.1. The standard InChI is InChI=1S/C23H28FN5O2/c1-15-11-20(22(24)21(30)12-15)28(10-2-7-25)17-3-4-19-18(13-17)23(31)29(14-27-19)16-5-8-26-9-6-16/h3-4,11-14,16,26,30H,2,5-10,25H2,1H3. The van der Waals surface area contributed by atoms with Crippen molar-refractivity contribution in [2.45, 2.75) is 32.2 Å². The summed E-state index contributed by atoms with van der Waals surface area (Å²) in [7, 11) is 0. The molecule has 164 valence electrons. The van der Waals surface area contributed by atoms with Crippen molar-refractivity contribution in [3.8, 4) is 5.75 Å². The van der Waals surface area contributed by atoms with E-state index in [9.17, 15) is 14.3 Å². The van der Waals surface area contributed by atoms with Crippen molar-refractivity contribution in [1.82, 2.24) is 14.9 Å². The van der Waals surface area contributed by atoms with E-state index in [2.05, 4.69) is 10.3 Å². The summed E-state index contributed by atoms with van der Waals surface area (Å²) in [6.45, 7) is 4.43. The fourth-order valence-corrected chi connectivity index (χ4v) is 4.20. The van der Waals surface area contributed by atoms with Gasteiger partial charge in [-0.15, -0.1) is 0 Å². The Morgan fingerprint density at radius 2 is 2.06 bits per heavy atom. The summed E-state index contributed by atoms with van der Waals surface area (Å²) < 4.78 is 16.6. The zero-order chi connectivity index (χ0) is 22.0. The quantitative estimate of drug-likeness (QED) is 0.562. The van der Waals surface area contributed by atoms with Gasteiger partial charge in [-0.1, -0.05) is 0 Å². The summed E-state index contributed by atoms with van der Waals surface area (Å²) in [4.78, 5) is 19.5. The molecule has 2 aromatic carbocycles. The van der Waals surface area contributed by atoms with Crippen LogP contribution in [0.2, 0.25) is 0 Å². The smallest absolute Gasteiger partial charge is 0.261 e. The molecular formula is C23H28FN5O2. The van der Waals surface area contributed by atoms with E-state index in [0.29, 0.717) is 36.1 Å². The van der Waals surface area contributed by atoms with Gasteiger partial charge < -0.3 is 21.1 Å². The third-order valence-corrected chi connectivity index (χ3v) is 5.84. The van der Waals surface area contributed by atoms with Crippen LogP contribution in [0.1, 0.15) is 30.9 Å². The fraction of sp³-hybridized carbons (Fsp3) is 0.391. The largest absolute Gasteiger partial charge is 0.505 e. The number of nitrogens with two attached hydrogens (primary N) is 1. The first kappa shape index (κ1) is 21.3. The molecule has 1 fully saturated rings. The van der Waals surface area contributed by atoms with Crippen molar-refractivity contribution < 1.29 is 9.50 Å². The topological polar surface area (TPSA) is 96.4 Å². The lowest BCUT2D eigenvalue weighted by Gasteiger charge is -2.27. The minimum atomic E-state index is -0.693. The van der Waals surface area contributed by atoms with Crippen molar-refractivity contribution >= 4 is 22.3 Å². The van der Waals surface area contributed by atoms with Crippen LogP contribution in [-0.2, 0) is 0 Å². The third kappa shape index (κ3) is 4.26. The lowest BCUT2D eigenvalue weighted by atomic mass is 10.1. The second kappa shape index (κ2) is 9.03. The highest BCUT2D eigenvalue weighted by molar-refractivity contribution is 5.83. The Hall–Kier alpha value is -2.97. The Labute approximate surface area is 180 Å². The van der Waals surface area contributed by atoms with E-state index in [4.69, 9.17) is 5.73 Å². The van der Waals surface area contributed by atoms with Crippen LogP contribution in [0.4, 0.5) is 15.8 Å². The molecule has 4 rings (SSSR count). The molecule has 31 heavy (non-hydrogen) atoms. The maximum atomic E-state index is 14.8. The van der Waals surface area contributed by atoms with E-state index >= 15 is 0 Å². The van der Waals surface area contributed by atoms with E-state index in [-0.39, 0.29) is 17.3 Å².